The van der Waals surface area contributed by atoms with Crippen molar-refractivity contribution in [3.63, 3.8) is 0 Å². The summed E-state index contributed by atoms with van der Waals surface area (Å²) in [5.41, 5.74) is 3.88. The third kappa shape index (κ3) is 10.2. The molecule has 5 aromatic rings. The molecule has 1 aromatic heterocycles. The number of hydrogen-bond donors (Lipinski definition) is 2. The van der Waals surface area contributed by atoms with E-state index >= 15 is 0 Å². The first kappa shape index (κ1) is 39.2. The van der Waals surface area contributed by atoms with Crippen molar-refractivity contribution in [3.8, 4) is 29.1 Å². The van der Waals surface area contributed by atoms with Crippen molar-refractivity contribution in [2.24, 2.45) is 0 Å². The van der Waals surface area contributed by atoms with E-state index in [1.54, 1.807) is 30.7 Å². The van der Waals surface area contributed by atoms with Gasteiger partial charge in [-0.3, -0.25) is 14.1 Å². The quantitative estimate of drug-likeness (QED) is 0.114. The van der Waals surface area contributed by atoms with Gasteiger partial charge in [0.1, 0.15) is 17.2 Å². The number of carbonyl (C=O) groups is 1. The van der Waals surface area contributed by atoms with Gasteiger partial charge in [-0.15, -0.1) is 0 Å². The number of methoxy groups -OCH3 is 1. The van der Waals surface area contributed by atoms with Gasteiger partial charge in [-0.25, -0.2) is 4.79 Å². The van der Waals surface area contributed by atoms with Crippen molar-refractivity contribution >= 4 is 39.0 Å². The van der Waals surface area contributed by atoms with Gasteiger partial charge in [-0.1, -0.05) is 45.0 Å². The number of aromatic nitrogens is 1. The summed E-state index contributed by atoms with van der Waals surface area (Å²) in [5, 5.41) is 17.2. The maximum Gasteiger partial charge on any atom is 0.323 e. The zero-order valence-electron chi connectivity index (χ0n) is 31.9. The third-order valence-electron chi connectivity index (χ3n) is 9.30. The summed E-state index contributed by atoms with van der Waals surface area (Å²) < 4.78 is 36.2. The lowest BCUT2D eigenvalue weighted by molar-refractivity contribution is 0.0358. The highest BCUT2D eigenvalue weighted by Gasteiger charge is 2.23. The fraction of sp³-hybridized carbons (Fsp3) is 0.326. The van der Waals surface area contributed by atoms with Crippen LogP contribution < -0.4 is 24.8 Å². The molecule has 11 nitrogen and oxygen atoms in total. The highest BCUT2D eigenvalue weighted by Crippen LogP contribution is 2.38. The minimum atomic E-state index is -1.34. The second-order valence-electron chi connectivity index (χ2n) is 14.4. The van der Waals surface area contributed by atoms with E-state index in [4.69, 9.17) is 18.9 Å². The van der Waals surface area contributed by atoms with Gasteiger partial charge in [-0.05, 0) is 71.5 Å². The summed E-state index contributed by atoms with van der Waals surface area (Å²) in [4.78, 5) is 20.9. The minimum Gasteiger partial charge on any atom is -0.493 e. The largest absolute Gasteiger partial charge is 0.493 e. The van der Waals surface area contributed by atoms with Crippen molar-refractivity contribution in [3.05, 3.63) is 107 Å². The average molecular weight is 762 g/mol. The van der Waals surface area contributed by atoms with E-state index in [2.05, 4.69) is 47.4 Å². The van der Waals surface area contributed by atoms with Crippen LogP contribution in [0.1, 0.15) is 49.6 Å². The van der Waals surface area contributed by atoms with Gasteiger partial charge >= 0.3 is 6.03 Å². The van der Waals surface area contributed by atoms with E-state index in [-0.39, 0.29) is 5.41 Å². The highest BCUT2D eigenvalue weighted by atomic mass is 32.2. The molecule has 4 aromatic carbocycles. The smallest absolute Gasteiger partial charge is 0.323 e. The van der Waals surface area contributed by atoms with Crippen LogP contribution in [0.2, 0.25) is 0 Å². The number of anilines is 2. The molecule has 2 heterocycles. The summed E-state index contributed by atoms with van der Waals surface area (Å²) in [6, 6.07) is 26.0. The molecule has 1 fully saturated rings. The number of pyridine rings is 1. The molecule has 0 bridgehead atoms. The first-order valence-corrected chi connectivity index (χ1v) is 19.8. The van der Waals surface area contributed by atoms with Crippen LogP contribution in [-0.2, 0) is 27.4 Å². The Bertz CT molecular complexity index is 2220. The molecule has 0 radical (unpaired) electrons. The summed E-state index contributed by atoms with van der Waals surface area (Å²) in [6.07, 6.45) is 4.66. The van der Waals surface area contributed by atoms with E-state index in [1.807, 2.05) is 60.7 Å². The molecule has 1 unspecified atom stereocenters. The van der Waals surface area contributed by atoms with Gasteiger partial charge in [0.15, 0.2) is 5.75 Å². The van der Waals surface area contributed by atoms with Crippen LogP contribution in [0.25, 0.3) is 10.8 Å². The van der Waals surface area contributed by atoms with Crippen LogP contribution in [0.15, 0.2) is 90.0 Å². The number of hydrogen-bond acceptors (Lipinski definition) is 9. The number of urea groups is 1. The summed E-state index contributed by atoms with van der Waals surface area (Å²) in [6.45, 7) is 11.1. The lowest BCUT2D eigenvalue weighted by Crippen LogP contribution is -2.37. The molecule has 6 rings (SSSR count). The molecule has 12 heteroatoms. The number of morpholine rings is 1. The number of fused-ring (bicyclic) bond motifs is 1. The maximum absolute atomic E-state index is 13.5. The van der Waals surface area contributed by atoms with Gasteiger partial charge in [0.2, 0.25) is 0 Å². The number of nitrogens with one attached hydrogen (secondary N) is 2. The number of rotatable bonds is 13. The van der Waals surface area contributed by atoms with E-state index in [0.29, 0.717) is 57.9 Å². The van der Waals surface area contributed by atoms with Gasteiger partial charge in [-0.2, -0.15) is 5.26 Å². The third-order valence-corrected chi connectivity index (χ3v) is 10.2. The van der Waals surface area contributed by atoms with Crippen molar-refractivity contribution in [2.75, 3.05) is 63.5 Å². The van der Waals surface area contributed by atoms with Crippen molar-refractivity contribution in [2.45, 2.75) is 43.9 Å². The zero-order chi connectivity index (χ0) is 39.0. The first-order chi connectivity index (χ1) is 26.5. The predicted octanol–water partition coefficient (Wildman–Crippen LogP) is 8.28. The molecule has 1 atom stereocenters. The second-order valence-corrected chi connectivity index (χ2v) is 15.7. The summed E-state index contributed by atoms with van der Waals surface area (Å²) in [7, 11) is 0.158. The number of carbonyl (C=O) groups excluding carboxylic acids is 1. The van der Waals surface area contributed by atoms with Crippen molar-refractivity contribution < 1.29 is 28.0 Å². The van der Waals surface area contributed by atoms with Crippen LogP contribution >= 0.6 is 0 Å². The van der Waals surface area contributed by atoms with Gasteiger partial charge < -0.3 is 29.6 Å². The van der Waals surface area contributed by atoms with Crippen LogP contribution in [0.5, 0.6) is 23.0 Å². The normalized spacial score (nSPS) is 13.8. The average Bonchev–Trinajstić information content (AvgIpc) is 3.17. The fourth-order valence-corrected chi connectivity index (χ4v) is 7.21. The predicted molar refractivity (Wildman–Crippen MR) is 216 cm³/mol. The minimum absolute atomic E-state index is 0.251. The Labute approximate surface area is 325 Å². The molecule has 55 heavy (non-hydrogen) atoms. The number of amides is 2. The number of nitriles is 1. The Hall–Kier alpha value is -5.48. The van der Waals surface area contributed by atoms with Gasteiger partial charge in [0, 0.05) is 61.0 Å². The molecule has 1 saturated heterocycles. The molecule has 0 spiro atoms. The van der Waals surface area contributed by atoms with Crippen LogP contribution in [0.4, 0.5) is 16.2 Å². The van der Waals surface area contributed by atoms with E-state index in [9.17, 15) is 14.3 Å². The first-order valence-electron chi connectivity index (χ1n) is 18.3. The van der Waals surface area contributed by atoms with Crippen molar-refractivity contribution in [1.29, 1.82) is 5.26 Å². The van der Waals surface area contributed by atoms with Crippen LogP contribution in [0.3, 0.4) is 0 Å². The lowest BCUT2D eigenvalue weighted by Gasteiger charge is -2.26. The Morgan fingerprint density at radius 2 is 1.73 bits per heavy atom. The molecular formula is C43H47N5O6S. The molecule has 0 saturated carbocycles. The second kappa shape index (κ2) is 17.8. The summed E-state index contributed by atoms with van der Waals surface area (Å²) >= 11 is 0. The monoisotopic (exact) mass is 761 g/mol. The topological polar surface area (TPSA) is 135 Å². The standard InChI is InChI=1S/C43H47N5O6S/c1-43(2,3)31-25-38(41(51-4)40(26-31)55(5)50)47-42(49)46-37-11-12-39(36-10-7-6-9-35(36)37)54-33-13-14-45-32(27-33)22-29-21-30(28-44)24-34(23-29)53-18-8-15-48-16-19-52-20-17-48/h6-7,9-14,21,23-27H,8,15-20,22H2,1-5H3,(H2,46,47,49). The van der Waals surface area contributed by atoms with E-state index in [1.165, 1.54) is 7.11 Å². The molecule has 286 valence electrons. The molecule has 0 aliphatic carbocycles. The van der Waals surface area contributed by atoms with Crippen LogP contribution in [-0.4, -0.2) is 72.9 Å². The summed E-state index contributed by atoms with van der Waals surface area (Å²) in [5.74, 6) is 2.22. The Morgan fingerprint density at radius 3 is 2.45 bits per heavy atom. The lowest BCUT2D eigenvalue weighted by atomic mass is 9.86. The van der Waals surface area contributed by atoms with Crippen LogP contribution in [0, 0.1) is 11.3 Å². The van der Waals surface area contributed by atoms with Crippen molar-refractivity contribution in [1.82, 2.24) is 9.88 Å². The number of benzene rings is 4. The maximum atomic E-state index is 13.5. The molecule has 2 amide bonds. The number of nitrogens with zero attached hydrogens (tertiary/aromatic N) is 3. The zero-order valence-corrected chi connectivity index (χ0v) is 32.8. The molecule has 1 aliphatic rings. The van der Waals surface area contributed by atoms with E-state index < -0.39 is 16.8 Å². The van der Waals surface area contributed by atoms with E-state index in [0.717, 1.165) is 66.9 Å². The number of ether oxygens (including phenoxy) is 4. The SMILES string of the molecule is COc1c(NC(=O)Nc2ccc(Oc3ccnc(Cc4cc(C#N)cc(OCCCN5CCOCC5)c4)c3)c3ccccc23)cc(C(C)(C)C)cc1S(C)=O. The fourth-order valence-electron chi connectivity index (χ4n) is 6.46. The molecular weight excluding hydrogens is 715 g/mol. The Kier molecular flexibility index (Phi) is 12.7. The molecule has 2 N–H and O–H groups in total. The van der Waals surface area contributed by atoms with Gasteiger partial charge in [0.05, 0.1) is 65.6 Å². The molecule has 1 aliphatic heterocycles. The Balaban J connectivity index is 1.15. The highest BCUT2D eigenvalue weighted by molar-refractivity contribution is 7.84. The van der Waals surface area contributed by atoms with Gasteiger partial charge in [0.25, 0.3) is 0 Å². The Morgan fingerprint density at radius 1 is 0.964 bits per heavy atom.